The standard InChI is InChI=1S/C7H17BN2/c1-4-9-6-7-10(5-2)8(9)3/h4-7H2,1-3H3. The molecule has 0 atom stereocenters. The van der Waals surface area contributed by atoms with Gasteiger partial charge in [0.2, 0.25) is 0 Å². The van der Waals surface area contributed by atoms with Crippen molar-refractivity contribution in [1.29, 1.82) is 0 Å². The molecular formula is C7H17BN2. The maximum absolute atomic E-state index is 2.50. The summed E-state index contributed by atoms with van der Waals surface area (Å²) in [6, 6.07) is 0. The average Bonchev–Trinajstić information content (AvgIpc) is 2.30. The highest BCUT2D eigenvalue weighted by atomic mass is 15.3. The molecule has 0 N–H and O–H groups in total. The third-order valence-electron chi connectivity index (χ3n) is 2.54. The van der Waals surface area contributed by atoms with Crippen molar-refractivity contribution in [2.75, 3.05) is 26.2 Å². The van der Waals surface area contributed by atoms with Crippen LogP contribution in [0, 0.1) is 0 Å². The van der Waals surface area contributed by atoms with Gasteiger partial charge in [0.25, 0.3) is 0 Å². The number of hydrogen-bond donors (Lipinski definition) is 0. The first-order chi connectivity index (χ1) is 4.79. The summed E-state index contributed by atoms with van der Waals surface area (Å²) >= 11 is 0. The van der Waals surface area contributed by atoms with Gasteiger partial charge in [0.05, 0.1) is 0 Å². The summed E-state index contributed by atoms with van der Waals surface area (Å²) in [6.45, 7) is 12.3. The van der Waals surface area contributed by atoms with Gasteiger partial charge in [-0.2, -0.15) is 0 Å². The third kappa shape index (κ3) is 1.35. The molecule has 0 aromatic rings. The van der Waals surface area contributed by atoms with Crippen molar-refractivity contribution < 1.29 is 0 Å². The smallest absolute Gasteiger partial charge is 0.307 e. The maximum Gasteiger partial charge on any atom is 0.307 e. The molecule has 0 bridgehead atoms. The molecule has 0 aliphatic carbocycles. The number of rotatable bonds is 2. The minimum atomic E-state index is 0.676. The van der Waals surface area contributed by atoms with Crippen molar-refractivity contribution in [2.24, 2.45) is 0 Å². The summed E-state index contributed by atoms with van der Waals surface area (Å²) in [4.78, 5) is 5.01. The van der Waals surface area contributed by atoms with E-state index in [9.17, 15) is 0 Å². The Bertz CT molecular complexity index is 95.8. The highest BCUT2D eigenvalue weighted by molar-refractivity contribution is 6.51. The van der Waals surface area contributed by atoms with Gasteiger partial charge in [0.15, 0.2) is 0 Å². The number of nitrogens with zero attached hydrogens (tertiary/aromatic N) is 2. The van der Waals surface area contributed by atoms with Crippen LogP contribution in [0.4, 0.5) is 0 Å². The van der Waals surface area contributed by atoms with E-state index < -0.39 is 0 Å². The molecule has 0 spiro atoms. The van der Waals surface area contributed by atoms with Crippen molar-refractivity contribution in [3.63, 3.8) is 0 Å². The molecule has 1 aliphatic rings. The van der Waals surface area contributed by atoms with E-state index in [0.29, 0.717) is 6.98 Å². The SMILES string of the molecule is CCN1CCN(CC)B1C. The molecule has 1 heterocycles. The second-order valence-electron chi connectivity index (χ2n) is 2.89. The molecule has 2 nitrogen and oxygen atoms in total. The van der Waals surface area contributed by atoms with Gasteiger partial charge in [0, 0.05) is 13.1 Å². The van der Waals surface area contributed by atoms with Crippen LogP contribution in [0.25, 0.3) is 0 Å². The zero-order valence-electron chi connectivity index (χ0n) is 7.30. The Labute approximate surface area is 64.3 Å². The van der Waals surface area contributed by atoms with Crippen molar-refractivity contribution in [3.8, 4) is 0 Å². The van der Waals surface area contributed by atoms with Crippen LogP contribution in [0.15, 0.2) is 0 Å². The second kappa shape index (κ2) is 3.40. The first-order valence-corrected chi connectivity index (χ1v) is 4.27. The normalized spacial score (nSPS) is 22.5. The van der Waals surface area contributed by atoms with Gasteiger partial charge in [-0.1, -0.05) is 20.7 Å². The maximum atomic E-state index is 2.50. The lowest BCUT2D eigenvalue weighted by Crippen LogP contribution is -2.40. The molecule has 0 unspecified atom stereocenters. The monoisotopic (exact) mass is 140 g/mol. The van der Waals surface area contributed by atoms with Gasteiger partial charge >= 0.3 is 6.98 Å². The lowest BCUT2D eigenvalue weighted by atomic mass is 9.77. The van der Waals surface area contributed by atoms with Crippen LogP contribution in [0.1, 0.15) is 13.8 Å². The topological polar surface area (TPSA) is 6.48 Å². The van der Waals surface area contributed by atoms with Crippen molar-refractivity contribution in [2.45, 2.75) is 20.7 Å². The van der Waals surface area contributed by atoms with Crippen LogP contribution in [0.3, 0.4) is 0 Å². The third-order valence-corrected chi connectivity index (χ3v) is 2.54. The number of likely N-dealkylation sites (N-methyl/N-ethyl adjacent to an activating group) is 2. The Hall–Kier alpha value is -0.0151. The van der Waals surface area contributed by atoms with E-state index in [1.165, 1.54) is 26.2 Å². The predicted octanol–water partition coefficient (Wildman–Crippen LogP) is 0.762. The highest BCUT2D eigenvalue weighted by Crippen LogP contribution is 2.08. The van der Waals surface area contributed by atoms with Crippen LogP contribution in [-0.2, 0) is 0 Å². The fourth-order valence-corrected chi connectivity index (χ4v) is 1.71. The quantitative estimate of drug-likeness (QED) is 0.522. The van der Waals surface area contributed by atoms with Gasteiger partial charge in [0.1, 0.15) is 0 Å². The molecule has 0 amide bonds. The molecule has 1 rings (SSSR count). The van der Waals surface area contributed by atoms with E-state index in [4.69, 9.17) is 0 Å². The minimum absolute atomic E-state index is 0.676. The molecule has 0 aromatic heterocycles. The summed E-state index contributed by atoms with van der Waals surface area (Å²) < 4.78 is 0. The van der Waals surface area contributed by atoms with Crippen LogP contribution in [0.5, 0.6) is 0 Å². The fourth-order valence-electron chi connectivity index (χ4n) is 1.71. The molecule has 3 heteroatoms. The second-order valence-corrected chi connectivity index (χ2v) is 2.89. The molecule has 1 fully saturated rings. The van der Waals surface area contributed by atoms with Crippen LogP contribution >= 0.6 is 0 Å². The molecule has 1 saturated heterocycles. The Morgan fingerprint density at radius 3 is 1.70 bits per heavy atom. The van der Waals surface area contributed by atoms with E-state index in [0.717, 1.165) is 0 Å². The zero-order chi connectivity index (χ0) is 7.56. The average molecular weight is 140 g/mol. The molecule has 0 radical (unpaired) electrons. The Balaban J connectivity index is 2.41. The molecule has 1 aliphatic heterocycles. The lowest BCUT2D eigenvalue weighted by molar-refractivity contribution is 0.486. The Morgan fingerprint density at radius 1 is 1.10 bits per heavy atom. The Kier molecular flexibility index (Phi) is 2.75. The summed E-state index contributed by atoms with van der Waals surface area (Å²) in [5.41, 5.74) is 0. The van der Waals surface area contributed by atoms with Gasteiger partial charge in [-0.15, -0.1) is 0 Å². The zero-order valence-corrected chi connectivity index (χ0v) is 7.30. The van der Waals surface area contributed by atoms with Crippen molar-refractivity contribution >= 4 is 6.98 Å². The van der Waals surface area contributed by atoms with Crippen LogP contribution in [-0.4, -0.2) is 42.8 Å². The van der Waals surface area contributed by atoms with Gasteiger partial charge in [-0.25, -0.2) is 0 Å². The summed E-state index contributed by atoms with van der Waals surface area (Å²) in [7, 11) is 0. The van der Waals surface area contributed by atoms with E-state index in [1.54, 1.807) is 0 Å². The highest BCUT2D eigenvalue weighted by Gasteiger charge is 2.29. The van der Waals surface area contributed by atoms with Crippen molar-refractivity contribution in [1.82, 2.24) is 9.62 Å². The molecule has 58 valence electrons. The first kappa shape index (κ1) is 8.09. The van der Waals surface area contributed by atoms with Crippen LogP contribution < -0.4 is 0 Å². The van der Waals surface area contributed by atoms with E-state index in [-0.39, 0.29) is 0 Å². The Morgan fingerprint density at radius 2 is 1.50 bits per heavy atom. The fraction of sp³-hybridized carbons (Fsp3) is 1.00. The van der Waals surface area contributed by atoms with Gasteiger partial charge < -0.3 is 9.62 Å². The molecule has 10 heavy (non-hydrogen) atoms. The molecular weight excluding hydrogens is 123 g/mol. The number of hydrogen-bond acceptors (Lipinski definition) is 2. The first-order valence-electron chi connectivity index (χ1n) is 4.27. The van der Waals surface area contributed by atoms with Gasteiger partial charge in [-0.05, 0) is 13.1 Å². The lowest BCUT2D eigenvalue weighted by Gasteiger charge is -2.20. The minimum Gasteiger partial charge on any atom is -0.327 e. The summed E-state index contributed by atoms with van der Waals surface area (Å²) in [5.74, 6) is 0. The largest absolute Gasteiger partial charge is 0.327 e. The van der Waals surface area contributed by atoms with Crippen molar-refractivity contribution in [3.05, 3.63) is 0 Å². The van der Waals surface area contributed by atoms with E-state index in [1.807, 2.05) is 0 Å². The van der Waals surface area contributed by atoms with E-state index in [2.05, 4.69) is 30.3 Å². The summed E-state index contributed by atoms with van der Waals surface area (Å²) in [6.07, 6.45) is 0. The van der Waals surface area contributed by atoms with Gasteiger partial charge in [-0.3, -0.25) is 0 Å². The molecule has 0 aromatic carbocycles. The summed E-state index contributed by atoms with van der Waals surface area (Å²) in [5, 5.41) is 0. The van der Waals surface area contributed by atoms with Crippen LogP contribution in [0.2, 0.25) is 6.82 Å². The van der Waals surface area contributed by atoms with E-state index >= 15 is 0 Å². The molecule has 0 saturated carbocycles. The predicted molar refractivity (Wildman–Crippen MR) is 46.1 cm³/mol.